The van der Waals surface area contributed by atoms with E-state index in [4.69, 9.17) is 4.42 Å². The summed E-state index contributed by atoms with van der Waals surface area (Å²) < 4.78 is 38.5. The minimum absolute atomic E-state index is 0.295. The number of nitrogens with zero attached hydrogens (tertiary/aromatic N) is 2. The average molecular weight is 431 g/mol. The molecule has 1 N–H and O–H groups in total. The van der Waals surface area contributed by atoms with Crippen LogP contribution in [0.3, 0.4) is 0 Å². The molecule has 0 saturated heterocycles. The van der Waals surface area contributed by atoms with Crippen molar-refractivity contribution in [2.45, 2.75) is 30.2 Å². The van der Waals surface area contributed by atoms with Crippen molar-refractivity contribution in [3.8, 4) is 0 Å². The molecule has 0 saturated carbocycles. The Morgan fingerprint density at radius 1 is 1.28 bits per heavy atom. The molecule has 1 atom stereocenters. The van der Waals surface area contributed by atoms with E-state index in [1.807, 2.05) is 5.38 Å². The molecule has 0 amide bonds. The van der Waals surface area contributed by atoms with E-state index in [1.54, 1.807) is 12.3 Å². The highest BCUT2D eigenvalue weighted by Crippen LogP contribution is 2.36. The van der Waals surface area contributed by atoms with Crippen LogP contribution < -0.4 is 10.5 Å². The maximum absolute atomic E-state index is 14.8. The van der Waals surface area contributed by atoms with Crippen molar-refractivity contribution < 1.29 is 13.2 Å². The summed E-state index contributed by atoms with van der Waals surface area (Å²) in [5, 5.41) is 2.46. The molecule has 0 spiro atoms. The van der Waals surface area contributed by atoms with Crippen molar-refractivity contribution in [3.63, 3.8) is 0 Å². The van der Waals surface area contributed by atoms with Crippen LogP contribution in [0.25, 0.3) is 11.1 Å². The molecule has 1 aliphatic rings. The molecule has 4 aromatic rings. The lowest BCUT2D eigenvalue weighted by Gasteiger charge is -2.26. The second kappa shape index (κ2) is 7.31. The lowest BCUT2D eigenvalue weighted by Crippen LogP contribution is -2.25. The number of aryl methyl sites for hydroxylation is 1. The van der Waals surface area contributed by atoms with Gasteiger partial charge in [-0.15, -0.1) is 11.3 Å². The molecule has 1 aliphatic carbocycles. The number of oxazole rings is 1. The zero-order valence-electron chi connectivity index (χ0n) is 15.0. The Balaban J connectivity index is 1.56. The molecule has 29 heavy (non-hydrogen) atoms. The van der Waals surface area contributed by atoms with Crippen LogP contribution in [-0.4, -0.2) is 9.55 Å². The molecule has 0 fully saturated rings. The molecule has 0 aliphatic heterocycles. The van der Waals surface area contributed by atoms with Crippen LogP contribution in [0.2, 0.25) is 0 Å². The monoisotopic (exact) mass is 431 g/mol. The van der Waals surface area contributed by atoms with Gasteiger partial charge in [-0.05, 0) is 54.5 Å². The SMILES string of the molecule is O=c1oc2cc(SNc3nccs3)c(F)cc2n1C1CCCc2ccc(F)cc21. The van der Waals surface area contributed by atoms with E-state index in [2.05, 4.69) is 9.71 Å². The van der Waals surface area contributed by atoms with E-state index in [0.29, 0.717) is 27.5 Å². The molecule has 2 heterocycles. The molecule has 5 nitrogen and oxygen atoms in total. The van der Waals surface area contributed by atoms with Gasteiger partial charge in [-0.3, -0.25) is 4.57 Å². The predicted octanol–water partition coefficient (Wildman–Crippen LogP) is 5.37. The van der Waals surface area contributed by atoms with E-state index in [0.717, 1.165) is 35.9 Å². The standard InChI is InChI=1S/C20H15F2N3O2S2/c21-12-5-4-11-2-1-3-15(13(11)8-12)25-16-9-14(22)18(10-17(16)27-20(25)26)29-24-19-23-6-7-28-19/h4-10,15H,1-3H2,(H,23,24). The third kappa shape index (κ3) is 3.34. The Hall–Kier alpha value is -2.65. The van der Waals surface area contributed by atoms with Crippen LogP contribution in [0.5, 0.6) is 0 Å². The summed E-state index contributed by atoms with van der Waals surface area (Å²) in [5.41, 5.74) is 2.42. The van der Waals surface area contributed by atoms with Crippen molar-refractivity contribution in [1.82, 2.24) is 9.55 Å². The zero-order chi connectivity index (χ0) is 20.0. The Bertz CT molecular complexity index is 1250. The van der Waals surface area contributed by atoms with Crippen LogP contribution >= 0.6 is 23.3 Å². The molecule has 148 valence electrons. The molecule has 0 bridgehead atoms. The van der Waals surface area contributed by atoms with Gasteiger partial charge < -0.3 is 9.14 Å². The third-order valence-electron chi connectivity index (χ3n) is 5.05. The van der Waals surface area contributed by atoms with E-state index < -0.39 is 11.6 Å². The molecule has 0 radical (unpaired) electrons. The second-order valence-corrected chi connectivity index (χ2v) is 8.52. The number of thiazole rings is 1. The molecule has 1 unspecified atom stereocenters. The maximum Gasteiger partial charge on any atom is 0.420 e. The van der Waals surface area contributed by atoms with Crippen LogP contribution in [0.15, 0.2) is 56.0 Å². The molecular weight excluding hydrogens is 416 g/mol. The van der Waals surface area contributed by atoms with Gasteiger partial charge in [-0.2, -0.15) is 0 Å². The van der Waals surface area contributed by atoms with Gasteiger partial charge in [0, 0.05) is 23.7 Å². The summed E-state index contributed by atoms with van der Waals surface area (Å²) in [6.07, 6.45) is 4.00. The van der Waals surface area contributed by atoms with Crippen LogP contribution in [0.4, 0.5) is 13.9 Å². The third-order valence-corrected chi connectivity index (χ3v) is 6.70. The number of hydrogen-bond donors (Lipinski definition) is 1. The van der Waals surface area contributed by atoms with Crippen LogP contribution in [0.1, 0.15) is 30.0 Å². The number of fused-ring (bicyclic) bond motifs is 2. The molecule has 9 heteroatoms. The van der Waals surface area contributed by atoms with E-state index in [9.17, 15) is 13.6 Å². The smallest absolute Gasteiger partial charge is 0.408 e. The van der Waals surface area contributed by atoms with Gasteiger partial charge in [-0.25, -0.2) is 18.6 Å². The number of aromatic nitrogens is 2. The van der Waals surface area contributed by atoms with E-state index >= 15 is 0 Å². The van der Waals surface area contributed by atoms with E-state index in [-0.39, 0.29) is 11.9 Å². The minimum atomic E-state index is -0.573. The van der Waals surface area contributed by atoms with Gasteiger partial charge in [0.15, 0.2) is 10.7 Å². The summed E-state index contributed by atoms with van der Waals surface area (Å²) in [6, 6.07) is 7.07. The number of benzene rings is 2. The van der Waals surface area contributed by atoms with Crippen molar-refractivity contribution in [3.05, 3.63) is 75.2 Å². The number of halogens is 2. The topological polar surface area (TPSA) is 60.1 Å². The molecule has 2 aromatic heterocycles. The average Bonchev–Trinajstić information content (AvgIpc) is 3.33. The summed E-state index contributed by atoms with van der Waals surface area (Å²) in [4.78, 5) is 17.0. The summed E-state index contributed by atoms with van der Waals surface area (Å²) in [6.45, 7) is 0. The summed E-state index contributed by atoms with van der Waals surface area (Å²) >= 11 is 2.46. The second-order valence-electron chi connectivity index (χ2n) is 6.78. The zero-order valence-corrected chi connectivity index (χ0v) is 16.7. The van der Waals surface area contributed by atoms with Gasteiger partial charge in [0.2, 0.25) is 0 Å². The maximum atomic E-state index is 14.8. The fourth-order valence-electron chi connectivity index (χ4n) is 3.79. The van der Waals surface area contributed by atoms with Crippen molar-refractivity contribution in [2.24, 2.45) is 0 Å². The fraction of sp³-hybridized carbons (Fsp3) is 0.200. The highest BCUT2D eigenvalue weighted by atomic mass is 32.2. The van der Waals surface area contributed by atoms with Gasteiger partial charge >= 0.3 is 5.76 Å². The van der Waals surface area contributed by atoms with Gasteiger partial charge in [0.1, 0.15) is 11.6 Å². The first-order valence-corrected chi connectivity index (χ1v) is 10.7. The lowest BCUT2D eigenvalue weighted by molar-refractivity contribution is 0.435. The predicted molar refractivity (Wildman–Crippen MR) is 110 cm³/mol. The highest BCUT2D eigenvalue weighted by molar-refractivity contribution is 8.00. The number of rotatable bonds is 4. The van der Waals surface area contributed by atoms with Gasteiger partial charge in [0.25, 0.3) is 0 Å². The normalized spacial score (nSPS) is 16.1. The Morgan fingerprint density at radius 3 is 3.00 bits per heavy atom. The Kier molecular flexibility index (Phi) is 4.63. The van der Waals surface area contributed by atoms with E-state index in [1.165, 1.54) is 40.2 Å². The van der Waals surface area contributed by atoms with Crippen LogP contribution in [0, 0.1) is 11.6 Å². The first-order chi connectivity index (χ1) is 14.1. The molecule has 2 aromatic carbocycles. The fourth-order valence-corrected chi connectivity index (χ4v) is 5.06. The summed E-state index contributed by atoms with van der Waals surface area (Å²) in [5.74, 6) is -1.40. The Labute approximate surface area is 172 Å². The quantitative estimate of drug-likeness (QED) is 0.440. The summed E-state index contributed by atoms with van der Waals surface area (Å²) in [7, 11) is 0. The number of nitrogens with one attached hydrogen (secondary N) is 1. The lowest BCUT2D eigenvalue weighted by atomic mass is 9.87. The molecular formula is C20H15F2N3O2S2. The largest absolute Gasteiger partial charge is 0.420 e. The van der Waals surface area contributed by atoms with Gasteiger partial charge in [0.05, 0.1) is 16.5 Å². The Morgan fingerprint density at radius 2 is 2.17 bits per heavy atom. The first-order valence-electron chi connectivity index (χ1n) is 9.05. The van der Waals surface area contributed by atoms with Crippen molar-refractivity contribution in [1.29, 1.82) is 0 Å². The number of hydrogen-bond acceptors (Lipinski definition) is 6. The number of anilines is 1. The van der Waals surface area contributed by atoms with Crippen LogP contribution in [-0.2, 0) is 6.42 Å². The highest BCUT2D eigenvalue weighted by Gasteiger charge is 2.27. The van der Waals surface area contributed by atoms with Gasteiger partial charge in [-0.1, -0.05) is 6.07 Å². The van der Waals surface area contributed by atoms with Crippen molar-refractivity contribution in [2.75, 3.05) is 4.72 Å². The minimum Gasteiger partial charge on any atom is -0.408 e. The van der Waals surface area contributed by atoms with Crippen molar-refractivity contribution >= 4 is 39.5 Å². The molecule has 5 rings (SSSR count). The first kappa shape index (κ1) is 18.4.